The van der Waals surface area contributed by atoms with Gasteiger partial charge >= 0.3 is 0 Å². The second-order valence-electron chi connectivity index (χ2n) is 6.37. The summed E-state index contributed by atoms with van der Waals surface area (Å²) in [6.45, 7) is 0. The number of para-hydroxylation sites is 1. The molecule has 1 amide bonds. The highest BCUT2D eigenvalue weighted by Crippen LogP contribution is 2.26. The highest BCUT2D eigenvalue weighted by atomic mass is 79.9. The van der Waals surface area contributed by atoms with Gasteiger partial charge in [0.15, 0.2) is 0 Å². The second-order valence-corrected chi connectivity index (χ2v) is 7.29. The standard InChI is InChI=1S/C23H16BrN3O2/c24-17-9-7-16(8-10-17)22-13-20(19-3-1-2-4-21(19)26-22)23(29)27-25-14-15-5-11-18(28)12-6-15/h1-14,28H,(H,27,29)/b25-14+. The lowest BCUT2D eigenvalue weighted by Crippen LogP contribution is -2.18. The first kappa shape index (κ1) is 18.8. The molecule has 0 bridgehead atoms. The molecule has 5 nitrogen and oxygen atoms in total. The van der Waals surface area contributed by atoms with Gasteiger partial charge in [-0.1, -0.05) is 46.3 Å². The van der Waals surface area contributed by atoms with Crippen molar-refractivity contribution in [3.05, 3.63) is 94.5 Å². The number of carbonyl (C=O) groups is 1. The molecule has 0 atom stereocenters. The number of hydrazone groups is 1. The number of rotatable bonds is 4. The Morgan fingerprint density at radius 2 is 1.72 bits per heavy atom. The Kier molecular flexibility index (Phi) is 5.35. The molecule has 142 valence electrons. The summed E-state index contributed by atoms with van der Waals surface area (Å²) in [6, 6.07) is 23.6. The van der Waals surface area contributed by atoms with Crippen molar-refractivity contribution in [3.63, 3.8) is 0 Å². The smallest absolute Gasteiger partial charge is 0.272 e. The summed E-state index contributed by atoms with van der Waals surface area (Å²) in [4.78, 5) is 17.5. The lowest BCUT2D eigenvalue weighted by atomic mass is 10.0. The van der Waals surface area contributed by atoms with E-state index in [1.807, 2.05) is 48.5 Å². The number of amides is 1. The van der Waals surface area contributed by atoms with Crippen molar-refractivity contribution in [1.82, 2.24) is 10.4 Å². The van der Waals surface area contributed by atoms with E-state index in [1.54, 1.807) is 30.3 Å². The van der Waals surface area contributed by atoms with E-state index < -0.39 is 0 Å². The predicted octanol–water partition coefficient (Wildman–Crippen LogP) is 5.13. The lowest BCUT2D eigenvalue weighted by Gasteiger charge is -2.09. The third-order valence-electron chi connectivity index (χ3n) is 4.37. The van der Waals surface area contributed by atoms with Crippen LogP contribution in [0.5, 0.6) is 5.75 Å². The van der Waals surface area contributed by atoms with Gasteiger partial charge in [-0.15, -0.1) is 0 Å². The van der Waals surface area contributed by atoms with Crippen LogP contribution in [-0.2, 0) is 0 Å². The van der Waals surface area contributed by atoms with Crippen LogP contribution in [-0.4, -0.2) is 22.2 Å². The van der Waals surface area contributed by atoms with Crippen LogP contribution in [0.1, 0.15) is 15.9 Å². The highest BCUT2D eigenvalue weighted by molar-refractivity contribution is 9.10. The maximum Gasteiger partial charge on any atom is 0.272 e. The Balaban J connectivity index is 1.67. The predicted molar refractivity (Wildman–Crippen MR) is 118 cm³/mol. The fourth-order valence-electron chi connectivity index (χ4n) is 2.92. The van der Waals surface area contributed by atoms with Crippen molar-refractivity contribution in [3.8, 4) is 17.0 Å². The zero-order chi connectivity index (χ0) is 20.2. The third kappa shape index (κ3) is 4.33. The number of pyridine rings is 1. The number of halogens is 1. The van der Waals surface area contributed by atoms with Crippen LogP contribution in [0.4, 0.5) is 0 Å². The Hall–Kier alpha value is -3.51. The average Bonchev–Trinajstić information content (AvgIpc) is 2.75. The molecule has 0 aliphatic carbocycles. The minimum atomic E-state index is -0.322. The van der Waals surface area contributed by atoms with Crippen molar-refractivity contribution in [1.29, 1.82) is 0 Å². The minimum absolute atomic E-state index is 0.176. The maximum absolute atomic E-state index is 12.8. The molecule has 0 saturated carbocycles. The van der Waals surface area contributed by atoms with Crippen LogP contribution in [0.25, 0.3) is 22.2 Å². The molecule has 1 heterocycles. The molecule has 4 rings (SSSR count). The molecule has 0 aliphatic heterocycles. The third-order valence-corrected chi connectivity index (χ3v) is 4.90. The number of phenols is 1. The van der Waals surface area contributed by atoms with Gasteiger partial charge in [0.05, 0.1) is 23.0 Å². The van der Waals surface area contributed by atoms with Gasteiger partial charge in [-0.2, -0.15) is 5.10 Å². The topological polar surface area (TPSA) is 74.6 Å². The summed E-state index contributed by atoms with van der Waals surface area (Å²) < 4.78 is 0.976. The summed E-state index contributed by atoms with van der Waals surface area (Å²) in [5, 5.41) is 14.1. The van der Waals surface area contributed by atoms with E-state index in [4.69, 9.17) is 4.98 Å². The van der Waals surface area contributed by atoms with Crippen molar-refractivity contribution in [2.75, 3.05) is 0 Å². The van der Waals surface area contributed by atoms with Crippen molar-refractivity contribution in [2.45, 2.75) is 0 Å². The van der Waals surface area contributed by atoms with Crippen molar-refractivity contribution >= 4 is 39.0 Å². The van der Waals surface area contributed by atoms with E-state index in [-0.39, 0.29) is 11.7 Å². The fourth-order valence-corrected chi connectivity index (χ4v) is 3.18. The Morgan fingerprint density at radius 1 is 1.00 bits per heavy atom. The molecule has 0 saturated heterocycles. The van der Waals surface area contributed by atoms with Gasteiger partial charge in [0.1, 0.15) is 5.75 Å². The average molecular weight is 446 g/mol. The minimum Gasteiger partial charge on any atom is -0.508 e. The number of carbonyl (C=O) groups excluding carboxylic acids is 1. The largest absolute Gasteiger partial charge is 0.508 e. The van der Waals surface area contributed by atoms with E-state index in [2.05, 4.69) is 26.5 Å². The SMILES string of the molecule is O=C(N/N=C/c1ccc(O)cc1)c1cc(-c2ccc(Br)cc2)nc2ccccc12. The molecule has 29 heavy (non-hydrogen) atoms. The molecule has 0 aliphatic rings. The number of hydrogen-bond donors (Lipinski definition) is 2. The molecular formula is C23H16BrN3O2. The quantitative estimate of drug-likeness (QED) is 0.337. The molecule has 2 N–H and O–H groups in total. The van der Waals surface area contributed by atoms with Gasteiger partial charge in [-0.05, 0) is 54.1 Å². The van der Waals surface area contributed by atoms with E-state index >= 15 is 0 Å². The zero-order valence-corrected chi connectivity index (χ0v) is 16.8. The summed E-state index contributed by atoms with van der Waals surface area (Å²) in [5.41, 5.74) is 6.20. The number of benzene rings is 3. The fraction of sp³-hybridized carbons (Fsp3) is 0. The first-order valence-electron chi connectivity index (χ1n) is 8.88. The van der Waals surface area contributed by atoms with E-state index in [9.17, 15) is 9.90 Å². The molecule has 0 unspecified atom stereocenters. The molecule has 3 aromatic carbocycles. The van der Waals surface area contributed by atoms with Crippen LogP contribution in [0.15, 0.2) is 88.4 Å². The van der Waals surface area contributed by atoms with Gasteiger partial charge in [-0.3, -0.25) is 4.79 Å². The van der Waals surface area contributed by atoms with Crippen LogP contribution < -0.4 is 5.43 Å². The van der Waals surface area contributed by atoms with Gasteiger partial charge < -0.3 is 5.11 Å². The Bertz CT molecular complexity index is 1200. The first-order valence-corrected chi connectivity index (χ1v) is 9.67. The van der Waals surface area contributed by atoms with Crippen LogP contribution in [0, 0.1) is 0 Å². The monoisotopic (exact) mass is 445 g/mol. The number of hydrogen-bond acceptors (Lipinski definition) is 4. The van der Waals surface area contributed by atoms with Crippen molar-refractivity contribution < 1.29 is 9.90 Å². The maximum atomic E-state index is 12.8. The van der Waals surface area contributed by atoms with Gasteiger partial charge in [0, 0.05) is 15.4 Å². The first-order chi connectivity index (χ1) is 14.1. The number of nitrogens with zero attached hydrogens (tertiary/aromatic N) is 2. The Labute approximate surface area is 175 Å². The zero-order valence-electron chi connectivity index (χ0n) is 15.2. The summed E-state index contributed by atoms with van der Waals surface area (Å²) in [7, 11) is 0. The Morgan fingerprint density at radius 3 is 2.48 bits per heavy atom. The van der Waals surface area contributed by atoms with Gasteiger partial charge in [-0.25, -0.2) is 10.4 Å². The summed E-state index contributed by atoms with van der Waals surface area (Å²) >= 11 is 3.43. The van der Waals surface area contributed by atoms with Gasteiger partial charge in [0.25, 0.3) is 5.91 Å². The molecule has 0 radical (unpaired) electrons. The number of aromatic nitrogens is 1. The number of phenolic OH excluding ortho intramolecular Hbond substituents is 1. The second kappa shape index (κ2) is 8.24. The number of aromatic hydroxyl groups is 1. The molecule has 4 aromatic rings. The molecule has 0 spiro atoms. The van der Waals surface area contributed by atoms with E-state index in [1.165, 1.54) is 6.21 Å². The number of nitrogens with one attached hydrogen (secondary N) is 1. The van der Waals surface area contributed by atoms with Crippen LogP contribution in [0.2, 0.25) is 0 Å². The number of fused-ring (bicyclic) bond motifs is 1. The van der Waals surface area contributed by atoms with E-state index in [0.717, 1.165) is 26.5 Å². The molecular weight excluding hydrogens is 430 g/mol. The van der Waals surface area contributed by atoms with Crippen LogP contribution in [0.3, 0.4) is 0 Å². The lowest BCUT2D eigenvalue weighted by molar-refractivity contribution is 0.0956. The summed E-state index contributed by atoms with van der Waals surface area (Å²) in [6.07, 6.45) is 1.52. The van der Waals surface area contributed by atoms with E-state index in [0.29, 0.717) is 11.3 Å². The summed E-state index contributed by atoms with van der Waals surface area (Å²) in [5.74, 6) is -0.146. The van der Waals surface area contributed by atoms with Crippen molar-refractivity contribution in [2.24, 2.45) is 5.10 Å². The molecule has 6 heteroatoms. The highest BCUT2D eigenvalue weighted by Gasteiger charge is 2.13. The normalized spacial score (nSPS) is 11.1. The van der Waals surface area contributed by atoms with Gasteiger partial charge in [0.2, 0.25) is 0 Å². The molecule has 0 fully saturated rings. The molecule has 1 aromatic heterocycles. The van der Waals surface area contributed by atoms with Crippen LogP contribution >= 0.6 is 15.9 Å².